The third-order valence-corrected chi connectivity index (χ3v) is 7.18. The largest absolute Gasteiger partial charge is 0.278 e. The first-order valence-electron chi connectivity index (χ1n) is 10.1. The second kappa shape index (κ2) is 11.6. The lowest BCUT2D eigenvalue weighted by Gasteiger charge is -2.21. The van der Waals surface area contributed by atoms with E-state index in [0.717, 1.165) is 20.6 Å². The van der Waals surface area contributed by atoms with Gasteiger partial charge in [-0.05, 0) is 42.3 Å². The summed E-state index contributed by atoms with van der Waals surface area (Å²) in [6, 6.07) is 21.4. The van der Waals surface area contributed by atoms with Gasteiger partial charge in [0.15, 0.2) is 0 Å². The molecule has 0 aromatic heterocycles. The second-order valence-electron chi connectivity index (χ2n) is 7.14. The summed E-state index contributed by atoms with van der Waals surface area (Å²) < 4.78 is 28.3. The number of carbonyl (C=O) groups excluding carboxylic acids is 1. The predicted molar refractivity (Wildman–Crippen MR) is 132 cm³/mol. The molecule has 3 aromatic carbocycles. The summed E-state index contributed by atoms with van der Waals surface area (Å²) >= 11 is 3.28. The average Bonchev–Trinajstić information content (AvgIpc) is 2.82. The fourth-order valence-corrected chi connectivity index (χ4v) is 4.73. The van der Waals surface area contributed by atoms with Gasteiger partial charge >= 0.3 is 0 Å². The Morgan fingerprint density at radius 2 is 1.68 bits per heavy atom. The Morgan fingerprint density at radius 1 is 1.03 bits per heavy atom. The first-order valence-corrected chi connectivity index (χ1v) is 12.4. The van der Waals surface area contributed by atoms with Crippen molar-refractivity contribution in [1.29, 1.82) is 0 Å². The smallest absolute Gasteiger partial charge is 0.272 e. The Kier molecular flexibility index (Phi) is 8.63. The van der Waals surface area contributed by atoms with Crippen molar-refractivity contribution in [2.24, 2.45) is 5.10 Å². The molecule has 0 saturated carbocycles. The molecule has 0 bridgehead atoms. The van der Waals surface area contributed by atoms with Gasteiger partial charge in [0.1, 0.15) is 0 Å². The van der Waals surface area contributed by atoms with Crippen LogP contribution in [0.5, 0.6) is 0 Å². The van der Waals surface area contributed by atoms with Gasteiger partial charge < -0.3 is 0 Å². The zero-order chi connectivity index (χ0) is 24.6. The van der Waals surface area contributed by atoms with Crippen LogP contribution < -0.4 is 5.43 Å². The van der Waals surface area contributed by atoms with Crippen LogP contribution in [0.3, 0.4) is 0 Å². The van der Waals surface area contributed by atoms with E-state index in [0.29, 0.717) is 6.42 Å². The van der Waals surface area contributed by atoms with Crippen molar-refractivity contribution in [1.82, 2.24) is 9.73 Å². The van der Waals surface area contributed by atoms with Crippen LogP contribution in [-0.2, 0) is 21.2 Å². The van der Waals surface area contributed by atoms with Crippen molar-refractivity contribution in [3.8, 4) is 0 Å². The second-order valence-corrected chi connectivity index (χ2v) is 9.99. The number of hydrogen-bond acceptors (Lipinski definition) is 6. The van der Waals surface area contributed by atoms with Crippen LogP contribution in [0.15, 0.2) is 93.3 Å². The molecule has 9 nitrogen and oxygen atoms in total. The number of halogens is 1. The zero-order valence-corrected chi connectivity index (χ0v) is 20.3. The zero-order valence-electron chi connectivity index (χ0n) is 17.9. The highest BCUT2D eigenvalue weighted by atomic mass is 79.9. The molecule has 176 valence electrons. The third kappa shape index (κ3) is 6.80. The van der Waals surface area contributed by atoms with Crippen molar-refractivity contribution in [2.45, 2.75) is 11.3 Å². The molecule has 0 atom stereocenters. The maximum atomic E-state index is 13.2. The van der Waals surface area contributed by atoms with Crippen LogP contribution >= 0.6 is 15.9 Å². The maximum Gasteiger partial charge on any atom is 0.278 e. The van der Waals surface area contributed by atoms with E-state index in [4.69, 9.17) is 0 Å². The van der Waals surface area contributed by atoms with Gasteiger partial charge in [-0.1, -0.05) is 58.4 Å². The minimum atomic E-state index is -3.97. The number of amides is 1. The van der Waals surface area contributed by atoms with Gasteiger partial charge in [0, 0.05) is 17.1 Å². The molecule has 0 fully saturated rings. The minimum absolute atomic E-state index is 0.0555. The molecular formula is C23H21BrN4O5S. The van der Waals surface area contributed by atoms with Crippen LogP contribution in [0.1, 0.15) is 11.1 Å². The van der Waals surface area contributed by atoms with E-state index in [1.54, 1.807) is 18.2 Å². The number of nitrogens with zero attached hydrogens (tertiary/aromatic N) is 3. The SMILES string of the molecule is O=C(CN(CCc1ccccc1)S(=O)(=O)c1ccc(Br)cc1)N/N=C\c1ccccc1[N+](=O)[O-]. The topological polar surface area (TPSA) is 122 Å². The van der Waals surface area contributed by atoms with E-state index in [9.17, 15) is 23.3 Å². The highest BCUT2D eigenvalue weighted by Crippen LogP contribution is 2.19. The number of hydrogen-bond donors (Lipinski definition) is 1. The summed E-state index contributed by atoms with van der Waals surface area (Å²) in [6.07, 6.45) is 1.55. The minimum Gasteiger partial charge on any atom is -0.272 e. The normalized spacial score (nSPS) is 11.6. The molecule has 0 heterocycles. The molecule has 11 heteroatoms. The van der Waals surface area contributed by atoms with Gasteiger partial charge in [-0.3, -0.25) is 14.9 Å². The summed E-state index contributed by atoms with van der Waals surface area (Å²) in [5.74, 6) is -0.677. The van der Waals surface area contributed by atoms with E-state index < -0.39 is 27.4 Å². The average molecular weight is 545 g/mol. The Hall–Kier alpha value is -3.41. The number of hydrazone groups is 1. The van der Waals surface area contributed by atoms with Crippen LogP contribution in [0.2, 0.25) is 0 Å². The molecule has 3 aromatic rings. The van der Waals surface area contributed by atoms with E-state index in [-0.39, 0.29) is 22.7 Å². The quantitative estimate of drug-likeness (QED) is 0.236. The van der Waals surface area contributed by atoms with Gasteiger partial charge in [-0.15, -0.1) is 0 Å². The Labute approximate surface area is 205 Å². The van der Waals surface area contributed by atoms with Gasteiger partial charge in [-0.25, -0.2) is 13.8 Å². The molecule has 3 rings (SSSR count). The first-order chi connectivity index (χ1) is 16.3. The number of rotatable bonds is 10. The van der Waals surface area contributed by atoms with Crippen LogP contribution in [0.25, 0.3) is 0 Å². The van der Waals surface area contributed by atoms with E-state index >= 15 is 0 Å². The molecule has 34 heavy (non-hydrogen) atoms. The predicted octanol–water partition coefficient (Wildman–Crippen LogP) is 3.74. The number of sulfonamides is 1. The fraction of sp³-hybridized carbons (Fsp3) is 0.130. The molecule has 0 aliphatic rings. The van der Waals surface area contributed by atoms with Crippen molar-refractivity contribution in [2.75, 3.05) is 13.1 Å². The lowest BCUT2D eigenvalue weighted by molar-refractivity contribution is -0.385. The summed E-state index contributed by atoms with van der Waals surface area (Å²) in [5, 5.41) is 14.9. The van der Waals surface area contributed by atoms with Crippen molar-refractivity contribution in [3.05, 3.63) is 105 Å². The number of nitrogens with one attached hydrogen (secondary N) is 1. The molecule has 0 radical (unpaired) electrons. The highest BCUT2D eigenvalue weighted by Gasteiger charge is 2.26. The number of para-hydroxylation sites is 1. The Morgan fingerprint density at radius 3 is 2.35 bits per heavy atom. The van der Waals surface area contributed by atoms with Gasteiger partial charge in [-0.2, -0.15) is 9.41 Å². The summed E-state index contributed by atoms with van der Waals surface area (Å²) in [5.41, 5.74) is 3.22. The molecule has 1 amide bonds. The third-order valence-electron chi connectivity index (χ3n) is 4.79. The molecule has 1 N–H and O–H groups in total. The van der Waals surface area contributed by atoms with Crippen molar-refractivity contribution in [3.63, 3.8) is 0 Å². The van der Waals surface area contributed by atoms with E-state index in [2.05, 4.69) is 26.5 Å². The summed E-state index contributed by atoms with van der Waals surface area (Å²) in [4.78, 5) is 23.1. The Bertz CT molecular complexity index is 1280. The first kappa shape index (κ1) is 25.2. The molecule has 0 spiro atoms. The lowest BCUT2D eigenvalue weighted by atomic mass is 10.1. The van der Waals surface area contributed by atoms with E-state index in [1.807, 2.05) is 30.3 Å². The van der Waals surface area contributed by atoms with Gasteiger partial charge in [0.05, 0.1) is 28.1 Å². The maximum absolute atomic E-state index is 13.2. The van der Waals surface area contributed by atoms with Crippen LogP contribution in [0, 0.1) is 10.1 Å². The monoisotopic (exact) mass is 544 g/mol. The fourth-order valence-electron chi connectivity index (χ4n) is 3.07. The standard InChI is InChI=1S/C23H21BrN4O5S/c24-20-10-12-21(13-11-20)34(32,33)27(15-14-18-6-2-1-3-7-18)17-23(29)26-25-16-19-8-4-5-9-22(19)28(30)31/h1-13,16H,14-15,17H2,(H,26,29)/b25-16-. The van der Waals surface area contributed by atoms with Crippen molar-refractivity contribution >= 4 is 43.8 Å². The van der Waals surface area contributed by atoms with Gasteiger partial charge in [0.2, 0.25) is 10.0 Å². The number of nitro benzene ring substituents is 1. The highest BCUT2D eigenvalue weighted by molar-refractivity contribution is 9.10. The van der Waals surface area contributed by atoms with Gasteiger partial charge in [0.25, 0.3) is 11.6 Å². The summed E-state index contributed by atoms with van der Waals surface area (Å²) in [7, 11) is -3.97. The molecule has 0 unspecified atom stereocenters. The lowest BCUT2D eigenvalue weighted by Crippen LogP contribution is -2.40. The Balaban J connectivity index is 1.75. The number of carbonyl (C=O) groups is 1. The molecule has 0 saturated heterocycles. The van der Waals surface area contributed by atoms with E-state index in [1.165, 1.54) is 30.3 Å². The van der Waals surface area contributed by atoms with Crippen molar-refractivity contribution < 1.29 is 18.1 Å². The molecular weight excluding hydrogens is 524 g/mol. The summed E-state index contributed by atoms with van der Waals surface area (Å²) in [6.45, 7) is -0.400. The number of benzene rings is 3. The number of nitro groups is 1. The molecule has 0 aliphatic carbocycles. The van der Waals surface area contributed by atoms with Crippen LogP contribution in [-0.4, -0.2) is 42.9 Å². The van der Waals surface area contributed by atoms with Crippen LogP contribution in [0.4, 0.5) is 5.69 Å². The molecule has 0 aliphatic heterocycles.